The molecule has 0 unspecified atom stereocenters. The fourth-order valence-electron chi connectivity index (χ4n) is 0.879. The average molecular weight is 307 g/mol. The Labute approximate surface area is 95.1 Å². The van der Waals surface area contributed by atoms with Crippen LogP contribution in [0.25, 0.3) is 0 Å². The second-order valence-electron chi connectivity index (χ2n) is 2.52. The predicted octanol–water partition coefficient (Wildman–Crippen LogP) is 3.95. The average Bonchev–Trinajstić information content (AvgIpc) is 2.06. The van der Waals surface area contributed by atoms with E-state index in [4.69, 9.17) is 0 Å². The van der Waals surface area contributed by atoms with Crippen LogP contribution in [0.5, 0.6) is 11.5 Å². The molecule has 90 valence electrons. The van der Waals surface area contributed by atoms with Gasteiger partial charge in [-0.15, -0.1) is 13.2 Å². The summed E-state index contributed by atoms with van der Waals surface area (Å²) in [5, 5.41) is 0. The fraction of sp³-hybridized carbons (Fsp3) is 0.250. The van der Waals surface area contributed by atoms with Gasteiger partial charge >= 0.3 is 13.0 Å². The summed E-state index contributed by atoms with van der Waals surface area (Å²) in [6, 6.07) is 3.03. The molecule has 0 fully saturated rings. The molecule has 0 saturated carbocycles. The molecule has 0 amide bonds. The Kier molecular flexibility index (Phi) is 3.95. The number of ether oxygens (including phenoxy) is 2. The zero-order valence-corrected chi connectivity index (χ0v) is 8.98. The molecule has 16 heavy (non-hydrogen) atoms. The third-order valence-corrected chi connectivity index (χ3v) is 1.84. The van der Waals surface area contributed by atoms with Crippen LogP contribution in [0.15, 0.2) is 22.7 Å². The third-order valence-electron chi connectivity index (χ3n) is 1.35. The van der Waals surface area contributed by atoms with Crippen LogP contribution in [0.2, 0.25) is 0 Å². The van der Waals surface area contributed by atoms with E-state index >= 15 is 0 Å². The zero-order valence-electron chi connectivity index (χ0n) is 7.39. The van der Waals surface area contributed by atoms with Gasteiger partial charge in [-0.05, 0) is 18.2 Å². The molecule has 0 spiro atoms. The topological polar surface area (TPSA) is 18.5 Å². The maximum Gasteiger partial charge on any atom is 0.573 e. The molecular formula is C8H4BrF5O2. The van der Waals surface area contributed by atoms with Crippen molar-refractivity contribution in [2.24, 2.45) is 0 Å². The molecule has 0 bridgehead atoms. The molecule has 1 rings (SSSR count). The van der Waals surface area contributed by atoms with E-state index < -0.39 is 24.5 Å². The minimum absolute atomic E-state index is 0.290. The van der Waals surface area contributed by atoms with Gasteiger partial charge in [0, 0.05) is 4.47 Å². The summed E-state index contributed by atoms with van der Waals surface area (Å²) in [7, 11) is 0. The van der Waals surface area contributed by atoms with Gasteiger partial charge in [0.25, 0.3) is 0 Å². The first-order valence-electron chi connectivity index (χ1n) is 3.78. The van der Waals surface area contributed by atoms with E-state index in [1.54, 1.807) is 0 Å². The SMILES string of the molecule is FC(F)Oc1cc(Br)ccc1OC(F)(F)F. The molecule has 0 aliphatic rings. The summed E-state index contributed by atoms with van der Waals surface area (Å²) < 4.78 is 67.1. The molecule has 1 aromatic carbocycles. The number of hydrogen-bond acceptors (Lipinski definition) is 2. The van der Waals surface area contributed by atoms with E-state index in [-0.39, 0.29) is 4.47 Å². The van der Waals surface area contributed by atoms with Crippen molar-refractivity contribution in [2.45, 2.75) is 13.0 Å². The van der Waals surface area contributed by atoms with Gasteiger partial charge in [-0.3, -0.25) is 0 Å². The van der Waals surface area contributed by atoms with Gasteiger partial charge in [0.15, 0.2) is 11.5 Å². The monoisotopic (exact) mass is 306 g/mol. The Bertz CT molecular complexity index is 366. The van der Waals surface area contributed by atoms with Crippen LogP contribution in [0, 0.1) is 0 Å². The predicted molar refractivity (Wildman–Crippen MR) is 47.5 cm³/mol. The van der Waals surface area contributed by atoms with Gasteiger partial charge in [-0.2, -0.15) is 8.78 Å². The quantitative estimate of drug-likeness (QED) is 0.787. The Morgan fingerprint density at radius 1 is 1.12 bits per heavy atom. The molecule has 0 aliphatic heterocycles. The molecular weight excluding hydrogens is 303 g/mol. The first kappa shape index (κ1) is 13.0. The van der Waals surface area contributed by atoms with Crippen molar-refractivity contribution in [3.63, 3.8) is 0 Å². The summed E-state index contributed by atoms with van der Waals surface area (Å²) in [6.45, 7) is -3.23. The van der Waals surface area contributed by atoms with Crippen molar-refractivity contribution in [3.05, 3.63) is 22.7 Å². The highest BCUT2D eigenvalue weighted by molar-refractivity contribution is 9.10. The van der Waals surface area contributed by atoms with Crippen LogP contribution in [-0.4, -0.2) is 13.0 Å². The number of alkyl halides is 5. The third kappa shape index (κ3) is 4.21. The standard InChI is InChI=1S/C8H4BrF5O2/c9-4-1-2-5(16-8(12,13)14)6(3-4)15-7(10)11/h1-3,7H. The number of hydrogen-bond donors (Lipinski definition) is 0. The van der Waals surface area contributed by atoms with Gasteiger partial charge in [0.1, 0.15) is 0 Å². The van der Waals surface area contributed by atoms with E-state index in [2.05, 4.69) is 25.4 Å². The normalized spacial score (nSPS) is 11.7. The van der Waals surface area contributed by atoms with Crippen molar-refractivity contribution >= 4 is 15.9 Å². The van der Waals surface area contributed by atoms with E-state index in [1.165, 1.54) is 6.07 Å². The molecule has 0 N–H and O–H groups in total. The van der Waals surface area contributed by atoms with Crippen LogP contribution < -0.4 is 9.47 Å². The first-order chi connectivity index (χ1) is 7.28. The number of rotatable bonds is 3. The summed E-state index contributed by atoms with van der Waals surface area (Å²) >= 11 is 2.90. The number of benzene rings is 1. The summed E-state index contributed by atoms with van der Waals surface area (Å²) in [5.41, 5.74) is 0. The van der Waals surface area contributed by atoms with E-state index in [0.717, 1.165) is 12.1 Å². The van der Waals surface area contributed by atoms with Crippen molar-refractivity contribution < 1.29 is 31.4 Å². The van der Waals surface area contributed by atoms with Crippen LogP contribution >= 0.6 is 15.9 Å². The Morgan fingerprint density at radius 3 is 2.25 bits per heavy atom. The summed E-state index contributed by atoms with van der Waals surface area (Å²) in [5.74, 6) is -1.52. The zero-order chi connectivity index (χ0) is 12.3. The van der Waals surface area contributed by atoms with Gasteiger partial charge in [0.2, 0.25) is 0 Å². The minimum atomic E-state index is -4.96. The maximum atomic E-state index is 11.9. The largest absolute Gasteiger partial charge is 0.573 e. The molecule has 0 heterocycles. The van der Waals surface area contributed by atoms with Gasteiger partial charge < -0.3 is 9.47 Å². The minimum Gasteiger partial charge on any atom is -0.431 e. The number of halogens is 6. The van der Waals surface area contributed by atoms with E-state index in [0.29, 0.717) is 0 Å². The molecule has 0 aromatic heterocycles. The molecule has 1 aromatic rings. The molecule has 0 saturated heterocycles. The smallest absolute Gasteiger partial charge is 0.431 e. The van der Waals surface area contributed by atoms with Crippen LogP contribution in [-0.2, 0) is 0 Å². The van der Waals surface area contributed by atoms with Gasteiger partial charge in [-0.25, -0.2) is 0 Å². The van der Waals surface area contributed by atoms with Crippen LogP contribution in [0.4, 0.5) is 22.0 Å². The molecule has 8 heteroatoms. The summed E-state index contributed by atoms with van der Waals surface area (Å²) in [6.07, 6.45) is -4.96. The second kappa shape index (κ2) is 4.86. The lowest BCUT2D eigenvalue weighted by Gasteiger charge is -2.13. The molecule has 0 atom stereocenters. The Morgan fingerprint density at radius 2 is 1.75 bits per heavy atom. The van der Waals surface area contributed by atoms with Crippen molar-refractivity contribution in [3.8, 4) is 11.5 Å². The van der Waals surface area contributed by atoms with Crippen molar-refractivity contribution in [2.75, 3.05) is 0 Å². The van der Waals surface area contributed by atoms with Crippen LogP contribution in [0.1, 0.15) is 0 Å². The highest BCUT2D eigenvalue weighted by Gasteiger charge is 2.32. The second-order valence-corrected chi connectivity index (χ2v) is 3.43. The fourth-order valence-corrected chi connectivity index (χ4v) is 1.22. The van der Waals surface area contributed by atoms with Gasteiger partial charge in [0.05, 0.1) is 0 Å². The lowest BCUT2D eigenvalue weighted by molar-refractivity contribution is -0.275. The van der Waals surface area contributed by atoms with Gasteiger partial charge in [-0.1, -0.05) is 15.9 Å². The van der Waals surface area contributed by atoms with Crippen LogP contribution in [0.3, 0.4) is 0 Å². The first-order valence-corrected chi connectivity index (χ1v) is 4.57. The maximum absolute atomic E-state index is 11.9. The lowest BCUT2D eigenvalue weighted by atomic mass is 10.3. The highest BCUT2D eigenvalue weighted by Crippen LogP contribution is 2.35. The lowest BCUT2D eigenvalue weighted by Crippen LogP contribution is -2.18. The highest BCUT2D eigenvalue weighted by atomic mass is 79.9. The van der Waals surface area contributed by atoms with Crippen molar-refractivity contribution in [1.82, 2.24) is 0 Å². The molecule has 0 aliphatic carbocycles. The molecule has 2 nitrogen and oxygen atoms in total. The van der Waals surface area contributed by atoms with E-state index in [1.807, 2.05) is 0 Å². The van der Waals surface area contributed by atoms with E-state index in [9.17, 15) is 22.0 Å². The summed E-state index contributed by atoms with van der Waals surface area (Å²) in [4.78, 5) is 0. The van der Waals surface area contributed by atoms with Crippen molar-refractivity contribution in [1.29, 1.82) is 0 Å². The Balaban J connectivity index is 2.98. The Hall–Kier alpha value is -1.05. The molecule has 0 radical (unpaired) electrons.